The minimum Gasteiger partial charge on any atom is -0.388 e. The molecule has 5 atom stereocenters. The van der Waals surface area contributed by atoms with Crippen LogP contribution in [0.4, 0.5) is 0 Å². The molecule has 0 aromatic rings. The molecule has 0 radical (unpaired) electrons. The van der Waals surface area contributed by atoms with Gasteiger partial charge in [-0.1, -0.05) is 43.7 Å². The Labute approximate surface area is 130 Å². The van der Waals surface area contributed by atoms with Crippen LogP contribution in [0.3, 0.4) is 0 Å². The fourth-order valence-electron chi connectivity index (χ4n) is 4.15. The van der Waals surface area contributed by atoms with E-state index in [0.29, 0.717) is 17.8 Å². The van der Waals surface area contributed by atoms with Crippen LogP contribution in [-0.2, 0) is 0 Å². The molecule has 21 heavy (non-hydrogen) atoms. The molecule has 1 heteroatoms. The first-order valence-corrected chi connectivity index (χ1v) is 8.61. The molecule has 0 bridgehead atoms. The Kier molecular flexibility index (Phi) is 5.48. The maximum absolute atomic E-state index is 10.1. The quantitative estimate of drug-likeness (QED) is 0.698. The van der Waals surface area contributed by atoms with Crippen molar-refractivity contribution in [3.05, 3.63) is 35.5 Å². The van der Waals surface area contributed by atoms with Crippen molar-refractivity contribution in [3.8, 4) is 0 Å². The minimum absolute atomic E-state index is 0.319. The molecule has 0 amide bonds. The van der Waals surface area contributed by atoms with Crippen LogP contribution in [0, 0.1) is 23.7 Å². The van der Waals surface area contributed by atoms with Crippen molar-refractivity contribution in [1.82, 2.24) is 0 Å². The van der Waals surface area contributed by atoms with Gasteiger partial charge in [-0.2, -0.15) is 0 Å². The SMILES string of the molecule is C=C1C=C2[C@@H](C[C@@H]1O)[C@@H](C)CC[C@@H]2[C@@H](C)CCC=C(C)C. The van der Waals surface area contributed by atoms with E-state index >= 15 is 0 Å². The van der Waals surface area contributed by atoms with Crippen LogP contribution in [0.1, 0.15) is 59.8 Å². The molecule has 2 rings (SSSR count). The number of aliphatic hydroxyl groups is 1. The lowest BCUT2D eigenvalue weighted by Gasteiger charge is -2.43. The highest BCUT2D eigenvalue weighted by Gasteiger charge is 2.38. The number of fused-ring (bicyclic) bond motifs is 1. The van der Waals surface area contributed by atoms with Crippen molar-refractivity contribution in [1.29, 1.82) is 0 Å². The van der Waals surface area contributed by atoms with Crippen LogP contribution in [-0.4, -0.2) is 11.2 Å². The van der Waals surface area contributed by atoms with E-state index in [2.05, 4.69) is 46.4 Å². The first-order valence-electron chi connectivity index (χ1n) is 8.61. The normalized spacial score (nSPS) is 34.0. The minimum atomic E-state index is -0.319. The Bertz CT molecular complexity index is 439. The molecule has 2 aliphatic rings. The fraction of sp³-hybridized carbons (Fsp3) is 0.700. The van der Waals surface area contributed by atoms with Crippen molar-refractivity contribution in [2.24, 2.45) is 23.7 Å². The Morgan fingerprint density at radius 2 is 2.14 bits per heavy atom. The van der Waals surface area contributed by atoms with E-state index in [-0.39, 0.29) is 6.10 Å². The molecule has 0 aromatic heterocycles. The third-order valence-electron chi connectivity index (χ3n) is 5.59. The summed E-state index contributed by atoms with van der Waals surface area (Å²) in [5, 5.41) is 10.1. The molecule has 118 valence electrons. The van der Waals surface area contributed by atoms with Crippen LogP contribution in [0.5, 0.6) is 0 Å². The van der Waals surface area contributed by atoms with Gasteiger partial charge >= 0.3 is 0 Å². The number of aliphatic hydroxyl groups excluding tert-OH is 1. The lowest BCUT2D eigenvalue weighted by Crippen LogP contribution is -2.35. The summed E-state index contributed by atoms with van der Waals surface area (Å²) in [6.45, 7) is 13.2. The number of rotatable bonds is 4. The smallest absolute Gasteiger partial charge is 0.0790 e. The van der Waals surface area contributed by atoms with Crippen LogP contribution >= 0.6 is 0 Å². The first-order chi connectivity index (χ1) is 9.90. The molecule has 0 saturated heterocycles. The van der Waals surface area contributed by atoms with Gasteiger partial charge in [-0.15, -0.1) is 0 Å². The molecule has 0 spiro atoms. The molecule has 0 heterocycles. The summed E-state index contributed by atoms with van der Waals surface area (Å²) in [7, 11) is 0. The van der Waals surface area contributed by atoms with Crippen molar-refractivity contribution < 1.29 is 5.11 Å². The van der Waals surface area contributed by atoms with Crippen molar-refractivity contribution in [2.75, 3.05) is 0 Å². The van der Waals surface area contributed by atoms with Gasteiger partial charge < -0.3 is 5.11 Å². The van der Waals surface area contributed by atoms with Gasteiger partial charge in [-0.25, -0.2) is 0 Å². The van der Waals surface area contributed by atoms with E-state index in [0.717, 1.165) is 17.9 Å². The van der Waals surface area contributed by atoms with Gasteiger partial charge in [0.1, 0.15) is 0 Å². The molecular formula is C20H32O. The van der Waals surface area contributed by atoms with Crippen LogP contribution in [0.2, 0.25) is 0 Å². The molecule has 2 aliphatic carbocycles. The Hall–Kier alpha value is -0.820. The zero-order chi connectivity index (χ0) is 15.6. The zero-order valence-corrected chi connectivity index (χ0v) is 14.2. The van der Waals surface area contributed by atoms with Gasteiger partial charge in [-0.3, -0.25) is 0 Å². The van der Waals surface area contributed by atoms with Gasteiger partial charge in [0.15, 0.2) is 0 Å². The van der Waals surface area contributed by atoms with Crippen molar-refractivity contribution in [3.63, 3.8) is 0 Å². The second-order valence-electron chi connectivity index (χ2n) is 7.57. The maximum Gasteiger partial charge on any atom is 0.0790 e. The summed E-state index contributed by atoms with van der Waals surface area (Å²) in [5.74, 6) is 2.71. The van der Waals surface area contributed by atoms with E-state index < -0.39 is 0 Å². The average molecular weight is 288 g/mol. The second kappa shape index (κ2) is 6.96. The highest BCUT2D eigenvalue weighted by atomic mass is 16.3. The fourth-order valence-corrected chi connectivity index (χ4v) is 4.15. The molecule has 1 saturated carbocycles. The van der Waals surface area contributed by atoms with Crippen LogP contribution in [0.25, 0.3) is 0 Å². The molecular weight excluding hydrogens is 256 g/mol. The third kappa shape index (κ3) is 3.88. The molecule has 0 aromatic carbocycles. The summed E-state index contributed by atoms with van der Waals surface area (Å²) in [5.41, 5.74) is 3.94. The summed E-state index contributed by atoms with van der Waals surface area (Å²) in [6, 6.07) is 0. The maximum atomic E-state index is 10.1. The van der Waals surface area contributed by atoms with E-state index in [1.165, 1.54) is 31.3 Å². The molecule has 1 N–H and O–H groups in total. The summed E-state index contributed by atoms with van der Waals surface area (Å²) in [4.78, 5) is 0. The van der Waals surface area contributed by atoms with E-state index in [4.69, 9.17) is 0 Å². The zero-order valence-electron chi connectivity index (χ0n) is 14.2. The van der Waals surface area contributed by atoms with Gasteiger partial charge in [0.05, 0.1) is 6.10 Å². The van der Waals surface area contributed by atoms with Crippen LogP contribution in [0.15, 0.2) is 35.5 Å². The Morgan fingerprint density at radius 3 is 2.81 bits per heavy atom. The number of hydrogen-bond donors (Lipinski definition) is 1. The summed E-state index contributed by atoms with van der Waals surface area (Å²) >= 11 is 0. The average Bonchev–Trinajstić information content (AvgIpc) is 2.41. The standard InChI is InChI=1S/C20H32O/c1-13(2)7-6-8-14(3)17-10-9-15(4)18-12-20(21)16(5)11-19(17)18/h7,11,14-15,17-18,20-21H,5-6,8-10,12H2,1-4H3/t14-,15-,17+,18-,20-/m0/s1. The summed E-state index contributed by atoms with van der Waals surface area (Å²) < 4.78 is 0. The second-order valence-corrected chi connectivity index (χ2v) is 7.57. The highest BCUT2D eigenvalue weighted by Crippen LogP contribution is 2.47. The molecule has 1 nitrogen and oxygen atoms in total. The summed E-state index contributed by atoms with van der Waals surface area (Å²) in [6.07, 6.45) is 10.2. The molecule has 1 fully saturated rings. The lowest BCUT2D eigenvalue weighted by molar-refractivity contribution is 0.131. The predicted molar refractivity (Wildman–Crippen MR) is 91.1 cm³/mol. The van der Waals surface area contributed by atoms with Gasteiger partial charge in [0, 0.05) is 0 Å². The number of allylic oxidation sites excluding steroid dienone is 3. The van der Waals surface area contributed by atoms with Gasteiger partial charge in [-0.05, 0) is 75.2 Å². The third-order valence-corrected chi connectivity index (χ3v) is 5.59. The van der Waals surface area contributed by atoms with Gasteiger partial charge in [0.25, 0.3) is 0 Å². The predicted octanol–water partition coefficient (Wildman–Crippen LogP) is 5.28. The largest absolute Gasteiger partial charge is 0.388 e. The van der Waals surface area contributed by atoms with E-state index in [9.17, 15) is 5.11 Å². The van der Waals surface area contributed by atoms with E-state index in [1.54, 1.807) is 5.57 Å². The Morgan fingerprint density at radius 1 is 1.43 bits per heavy atom. The first kappa shape index (κ1) is 16.5. The van der Waals surface area contributed by atoms with Crippen LogP contribution < -0.4 is 0 Å². The van der Waals surface area contributed by atoms with Crippen molar-refractivity contribution in [2.45, 2.75) is 65.9 Å². The lowest BCUT2D eigenvalue weighted by atomic mass is 9.62. The molecule has 0 aliphatic heterocycles. The highest BCUT2D eigenvalue weighted by molar-refractivity contribution is 5.33. The molecule has 0 unspecified atom stereocenters. The van der Waals surface area contributed by atoms with E-state index in [1.807, 2.05) is 0 Å². The topological polar surface area (TPSA) is 20.2 Å². The van der Waals surface area contributed by atoms with Gasteiger partial charge in [0.2, 0.25) is 0 Å². The number of hydrogen-bond acceptors (Lipinski definition) is 1. The monoisotopic (exact) mass is 288 g/mol. The van der Waals surface area contributed by atoms with Crippen molar-refractivity contribution >= 4 is 0 Å². The Balaban J connectivity index is 2.10.